The molecular weight excluding hydrogens is 298 g/mol. The standard InChI is InChI=1S/C15H16F2O5/c1-18-11-6-9(7-12(19-2)14(11)20-3)10(15(16)17)8-13-21-4-5-22-13/h4-7,13H,8H2,1-3H3. The van der Waals surface area contributed by atoms with E-state index in [9.17, 15) is 8.78 Å². The van der Waals surface area contributed by atoms with Crippen LogP contribution >= 0.6 is 0 Å². The SMILES string of the molecule is COc1cc(C(CC2OC=CO2)=C(F)F)cc(OC)c1OC. The molecule has 1 heterocycles. The maximum Gasteiger partial charge on any atom is 0.274 e. The van der Waals surface area contributed by atoms with Crippen molar-refractivity contribution in [1.82, 2.24) is 0 Å². The fourth-order valence-electron chi connectivity index (χ4n) is 2.09. The zero-order chi connectivity index (χ0) is 16.1. The molecule has 0 saturated heterocycles. The fourth-order valence-corrected chi connectivity index (χ4v) is 2.09. The van der Waals surface area contributed by atoms with Gasteiger partial charge in [-0.25, -0.2) is 0 Å². The number of ether oxygens (including phenoxy) is 5. The van der Waals surface area contributed by atoms with E-state index in [-0.39, 0.29) is 17.6 Å². The Kier molecular flexibility index (Phi) is 5.08. The van der Waals surface area contributed by atoms with Crippen molar-refractivity contribution in [2.45, 2.75) is 12.7 Å². The van der Waals surface area contributed by atoms with Gasteiger partial charge in [0.1, 0.15) is 12.5 Å². The Labute approximate surface area is 126 Å². The molecule has 7 heteroatoms. The Balaban J connectivity index is 2.41. The lowest BCUT2D eigenvalue weighted by atomic mass is 10.0. The van der Waals surface area contributed by atoms with Crippen molar-refractivity contribution >= 4 is 5.57 Å². The molecule has 2 rings (SSSR count). The van der Waals surface area contributed by atoms with Gasteiger partial charge in [-0.2, -0.15) is 8.78 Å². The molecule has 22 heavy (non-hydrogen) atoms. The average molecular weight is 314 g/mol. The third-order valence-corrected chi connectivity index (χ3v) is 3.13. The molecule has 5 nitrogen and oxygen atoms in total. The largest absolute Gasteiger partial charge is 0.493 e. The summed E-state index contributed by atoms with van der Waals surface area (Å²) in [5, 5.41) is 0. The van der Waals surface area contributed by atoms with Crippen molar-refractivity contribution in [3.8, 4) is 17.2 Å². The van der Waals surface area contributed by atoms with Crippen LogP contribution in [0, 0.1) is 0 Å². The van der Waals surface area contributed by atoms with Crippen LogP contribution in [0.4, 0.5) is 8.78 Å². The summed E-state index contributed by atoms with van der Waals surface area (Å²) in [4.78, 5) is 0. The first-order valence-electron chi connectivity index (χ1n) is 6.41. The Morgan fingerprint density at radius 2 is 1.55 bits per heavy atom. The van der Waals surface area contributed by atoms with Gasteiger partial charge in [-0.3, -0.25) is 0 Å². The van der Waals surface area contributed by atoms with E-state index in [1.165, 1.54) is 46.0 Å². The van der Waals surface area contributed by atoms with Gasteiger partial charge in [0, 0.05) is 5.57 Å². The van der Waals surface area contributed by atoms with Crippen LogP contribution in [0.2, 0.25) is 0 Å². The summed E-state index contributed by atoms with van der Waals surface area (Å²) in [7, 11) is 4.28. The summed E-state index contributed by atoms with van der Waals surface area (Å²) in [5.74, 6) is 0.923. The van der Waals surface area contributed by atoms with Crippen molar-refractivity contribution < 1.29 is 32.5 Å². The van der Waals surface area contributed by atoms with E-state index in [1.54, 1.807) is 0 Å². The Morgan fingerprint density at radius 3 is 1.95 bits per heavy atom. The van der Waals surface area contributed by atoms with Gasteiger partial charge in [0.25, 0.3) is 6.08 Å². The minimum Gasteiger partial charge on any atom is -0.493 e. The molecule has 0 aliphatic carbocycles. The molecule has 0 saturated carbocycles. The van der Waals surface area contributed by atoms with Gasteiger partial charge in [-0.05, 0) is 17.7 Å². The van der Waals surface area contributed by atoms with Crippen LogP contribution < -0.4 is 14.2 Å². The van der Waals surface area contributed by atoms with E-state index in [2.05, 4.69) is 0 Å². The molecule has 1 aromatic rings. The zero-order valence-electron chi connectivity index (χ0n) is 12.4. The van der Waals surface area contributed by atoms with Crippen LogP contribution in [0.5, 0.6) is 17.2 Å². The quantitative estimate of drug-likeness (QED) is 0.803. The van der Waals surface area contributed by atoms with Gasteiger partial charge < -0.3 is 23.7 Å². The summed E-state index contributed by atoms with van der Waals surface area (Å²) in [6.45, 7) is 0. The Bertz CT molecular complexity index is 561. The Morgan fingerprint density at radius 1 is 1.00 bits per heavy atom. The van der Waals surface area contributed by atoms with Crippen LogP contribution in [0.3, 0.4) is 0 Å². The molecule has 0 aromatic heterocycles. The smallest absolute Gasteiger partial charge is 0.274 e. The summed E-state index contributed by atoms with van der Waals surface area (Å²) in [6.07, 6.45) is -0.0983. The highest BCUT2D eigenvalue weighted by Crippen LogP contribution is 2.41. The van der Waals surface area contributed by atoms with Crippen molar-refractivity contribution in [3.63, 3.8) is 0 Å². The molecule has 0 bridgehead atoms. The van der Waals surface area contributed by atoms with Crippen molar-refractivity contribution in [2.24, 2.45) is 0 Å². The van der Waals surface area contributed by atoms with Gasteiger partial charge in [-0.15, -0.1) is 0 Å². The highest BCUT2D eigenvalue weighted by molar-refractivity contribution is 5.71. The molecule has 0 N–H and O–H groups in total. The first-order valence-corrected chi connectivity index (χ1v) is 6.41. The van der Waals surface area contributed by atoms with E-state index in [0.717, 1.165) is 0 Å². The molecule has 1 aromatic carbocycles. The fraction of sp³-hybridized carbons (Fsp3) is 0.333. The number of hydrogen-bond donors (Lipinski definition) is 0. The maximum atomic E-state index is 13.3. The second-order valence-corrected chi connectivity index (χ2v) is 4.33. The lowest BCUT2D eigenvalue weighted by Gasteiger charge is -2.17. The topological polar surface area (TPSA) is 46.2 Å². The van der Waals surface area contributed by atoms with Crippen LogP contribution in [0.15, 0.2) is 30.7 Å². The highest BCUT2D eigenvalue weighted by atomic mass is 19.3. The number of benzene rings is 1. The van der Waals surface area contributed by atoms with Crippen molar-refractivity contribution in [1.29, 1.82) is 0 Å². The summed E-state index contributed by atoms with van der Waals surface area (Å²) in [6, 6.07) is 2.91. The zero-order valence-corrected chi connectivity index (χ0v) is 12.4. The molecule has 0 fully saturated rings. The second-order valence-electron chi connectivity index (χ2n) is 4.33. The number of halogens is 2. The van der Waals surface area contributed by atoms with E-state index in [0.29, 0.717) is 17.2 Å². The first-order chi connectivity index (χ1) is 10.6. The van der Waals surface area contributed by atoms with Crippen LogP contribution in [0.25, 0.3) is 5.57 Å². The number of methoxy groups -OCH3 is 3. The van der Waals surface area contributed by atoms with Gasteiger partial charge in [-0.1, -0.05) is 0 Å². The average Bonchev–Trinajstić information content (AvgIpc) is 3.03. The third kappa shape index (κ3) is 3.24. The maximum absolute atomic E-state index is 13.3. The van der Waals surface area contributed by atoms with E-state index in [1.807, 2.05) is 0 Å². The predicted molar refractivity (Wildman–Crippen MR) is 74.9 cm³/mol. The molecule has 0 amide bonds. The normalized spacial score (nSPS) is 13.3. The lowest BCUT2D eigenvalue weighted by Crippen LogP contribution is -2.09. The molecule has 0 spiro atoms. The van der Waals surface area contributed by atoms with E-state index < -0.39 is 12.4 Å². The van der Waals surface area contributed by atoms with Crippen molar-refractivity contribution in [3.05, 3.63) is 36.3 Å². The number of rotatable bonds is 6. The molecule has 1 aliphatic heterocycles. The van der Waals surface area contributed by atoms with Gasteiger partial charge in [0.05, 0.1) is 27.8 Å². The first kappa shape index (κ1) is 15.9. The number of hydrogen-bond acceptors (Lipinski definition) is 5. The third-order valence-electron chi connectivity index (χ3n) is 3.13. The predicted octanol–water partition coefficient (Wildman–Crippen LogP) is 3.55. The minimum atomic E-state index is -1.83. The molecule has 0 atom stereocenters. The Hall–Kier alpha value is -2.44. The summed E-state index contributed by atoms with van der Waals surface area (Å²) >= 11 is 0. The molecule has 0 unspecified atom stereocenters. The molecule has 120 valence electrons. The minimum absolute atomic E-state index is 0.117. The monoisotopic (exact) mass is 314 g/mol. The van der Waals surface area contributed by atoms with E-state index in [4.69, 9.17) is 23.7 Å². The lowest BCUT2D eigenvalue weighted by molar-refractivity contribution is -0.0175. The van der Waals surface area contributed by atoms with Crippen LogP contribution in [-0.2, 0) is 9.47 Å². The van der Waals surface area contributed by atoms with Gasteiger partial charge in [0.15, 0.2) is 11.5 Å². The van der Waals surface area contributed by atoms with Gasteiger partial charge in [0.2, 0.25) is 12.0 Å². The van der Waals surface area contributed by atoms with E-state index >= 15 is 0 Å². The summed E-state index contributed by atoms with van der Waals surface area (Å²) < 4.78 is 52.3. The van der Waals surface area contributed by atoms with Crippen LogP contribution in [0.1, 0.15) is 12.0 Å². The molecule has 1 aliphatic rings. The van der Waals surface area contributed by atoms with Crippen LogP contribution in [-0.4, -0.2) is 27.6 Å². The van der Waals surface area contributed by atoms with Crippen molar-refractivity contribution in [2.75, 3.05) is 21.3 Å². The van der Waals surface area contributed by atoms with Gasteiger partial charge >= 0.3 is 0 Å². The molecule has 0 radical (unpaired) electrons. The summed E-state index contributed by atoms with van der Waals surface area (Å²) in [5.41, 5.74) is 0.0292. The second kappa shape index (κ2) is 7.02. The molecular formula is C15H16F2O5. The highest BCUT2D eigenvalue weighted by Gasteiger charge is 2.23.